The molecule has 2 aliphatic heterocycles. The lowest BCUT2D eigenvalue weighted by atomic mass is 9.97. The van der Waals surface area contributed by atoms with E-state index < -0.39 is 0 Å². The molecule has 0 saturated carbocycles. The van der Waals surface area contributed by atoms with Gasteiger partial charge in [0, 0.05) is 37.7 Å². The predicted octanol–water partition coefficient (Wildman–Crippen LogP) is 3.44. The van der Waals surface area contributed by atoms with Crippen LogP contribution in [-0.2, 0) is 0 Å². The summed E-state index contributed by atoms with van der Waals surface area (Å²) >= 11 is 0. The number of carbonyl (C=O) groups is 1. The standard InChI is InChI=1S/C19H24N4O2/c1-14-5-4-6-16(13-14)17-20-18(25-21-17)15-7-11-23(12-8-15)19(24)22-9-2-3-10-22/h4-6,13,15H,2-3,7-12H2,1H3. The molecule has 3 heterocycles. The molecule has 0 radical (unpaired) electrons. The molecule has 0 bridgehead atoms. The minimum Gasteiger partial charge on any atom is -0.339 e. The fourth-order valence-electron chi connectivity index (χ4n) is 3.73. The van der Waals surface area contributed by atoms with E-state index in [9.17, 15) is 4.79 Å². The van der Waals surface area contributed by atoms with Crippen molar-refractivity contribution in [1.82, 2.24) is 19.9 Å². The average molecular weight is 340 g/mol. The van der Waals surface area contributed by atoms with Crippen LogP contribution in [0.5, 0.6) is 0 Å². The van der Waals surface area contributed by atoms with Gasteiger partial charge in [-0.1, -0.05) is 28.9 Å². The van der Waals surface area contributed by atoms with Gasteiger partial charge in [0.15, 0.2) is 0 Å². The molecule has 6 heteroatoms. The first-order valence-corrected chi connectivity index (χ1v) is 9.15. The summed E-state index contributed by atoms with van der Waals surface area (Å²) < 4.78 is 5.52. The van der Waals surface area contributed by atoms with Crippen LogP contribution in [0.15, 0.2) is 28.8 Å². The van der Waals surface area contributed by atoms with Gasteiger partial charge in [0.1, 0.15) is 0 Å². The van der Waals surface area contributed by atoms with Crippen LogP contribution >= 0.6 is 0 Å². The van der Waals surface area contributed by atoms with Crippen LogP contribution in [0.2, 0.25) is 0 Å². The Bertz CT molecular complexity index is 743. The highest BCUT2D eigenvalue weighted by Gasteiger charge is 2.30. The van der Waals surface area contributed by atoms with E-state index in [-0.39, 0.29) is 11.9 Å². The van der Waals surface area contributed by atoms with E-state index in [0.29, 0.717) is 11.7 Å². The topological polar surface area (TPSA) is 62.5 Å². The first kappa shape index (κ1) is 16.1. The number of hydrogen-bond donors (Lipinski definition) is 0. The summed E-state index contributed by atoms with van der Waals surface area (Å²) in [5.41, 5.74) is 2.16. The highest BCUT2D eigenvalue weighted by Crippen LogP contribution is 2.29. The van der Waals surface area contributed by atoms with Gasteiger partial charge in [-0.3, -0.25) is 0 Å². The van der Waals surface area contributed by atoms with Gasteiger partial charge in [-0.05, 0) is 38.7 Å². The largest absolute Gasteiger partial charge is 0.339 e. The van der Waals surface area contributed by atoms with Gasteiger partial charge in [-0.2, -0.15) is 4.98 Å². The summed E-state index contributed by atoms with van der Waals surface area (Å²) in [4.78, 5) is 21.0. The van der Waals surface area contributed by atoms with Crippen molar-refractivity contribution >= 4 is 6.03 Å². The number of urea groups is 1. The molecule has 0 spiro atoms. The number of rotatable bonds is 2. The van der Waals surface area contributed by atoms with Crippen molar-refractivity contribution in [2.24, 2.45) is 0 Å². The van der Waals surface area contributed by atoms with E-state index >= 15 is 0 Å². The number of nitrogens with zero attached hydrogens (tertiary/aromatic N) is 4. The molecule has 0 N–H and O–H groups in total. The number of aromatic nitrogens is 2. The van der Waals surface area contributed by atoms with Gasteiger partial charge in [0.05, 0.1) is 0 Å². The smallest absolute Gasteiger partial charge is 0.319 e. The lowest BCUT2D eigenvalue weighted by molar-refractivity contribution is 0.144. The number of benzene rings is 1. The maximum absolute atomic E-state index is 12.5. The Balaban J connectivity index is 1.39. The van der Waals surface area contributed by atoms with Crippen LogP contribution in [-0.4, -0.2) is 52.2 Å². The Labute approximate surface area is 147 Å². The number of aryl methyl sites for hydroxylation is 1. The molecule has 1 aromatic carbocycles. The van der Waals surface area contributed by atoms with E-state index in [4.69, 9.17) is 4.52 Å². The number of piperidine rings is 1. The van der Waals surface area contributed by atoms with Crippen molar-refractivity contribution in [3.8, 4) is 11.4 Å². The van der Waals surface area contributed by atoms with Crippen molar-refractivity contribution in [3.05, 3.63) is 35.7 Å². The van der Waals surface area contributed by atoms with Gasteiger partial charge < -0.3 is 14.3 Å². The maximum atomic E-state index is 12.5. The molecular weight excluding hydrogens is 316 g/mol. The molecule has 1 aromatic heterocycles. The van der Waals surface area contributed by atoms with Gasteiger partial charge >= 0.3 is 6.03 Å². The molecule has 2 amide bonds. The van der Waals surface area contributed by atoms with Gasteiger partial charge in [-0.25, -0.2) is 4.79 Å². The summed E-state index contributed by atoms with van der Waals surface area (Å²) in [6, 6.07) is 8.31. The summed E-state index contributed by atoms with van der Waals surface area (Å²) in [6.07, 6.45) is 4.03. The first-order chi connectivity index (χ1) is 12.2. The van der Waals surface area contributed by atoms with Crippen LogP contribution in [0.4, 0.5) is 4.79 Å². The molecule has 4 rings (SSSR count). The monoisotopic (exact) mass is 340 g/mol. The third-order valence-electron chi connectivity index (χ3n) is 5.21. The highest BCUT2D eigenvalue weighted by atomic mass is 16.5. The minimum absolute atomic E-state index is 0.196. The third kappa shape index (κ3) is 3.38. The van der Waals surface area contributed by atoms with Gasteiger partial charge in [0.2, 0.25) is 11.7 Å². The zero-order valence-electron chi connectivity index (χ0n) is 14.6. The van der Waals surface area contributed by atoms with E-state index in [1.54, 1.807) is 0 Å². The highest BCUT2D eigenvalue weighted by molar-refractivity contribution is 5.74. The van der Waals surface area contributed by atoms with Crippen LogP contribution in [0.3, 0.4) is 0 Å². The van der Waals surface area contributed by atoms with E-state index in [0.717, 1.165) is 57.4 Å². The second-order valence-electron chi connectivity index (χ2n) is 7.06. The third-order valence-corrected chi connectivity index (χ3v) is 5.21. The number of amides is 2. The zero-order valence-corrected chi connectivity index (χ0v) is 14.6. The van der Waals surface area contributed by atoms with Crippen LogP contribution in [0.25, 0.3) is 11.4 Å². The van der Waals surface area contributed by atoms with Crippen molar-refractivity contribution < 1.29 is 9.32 Å². The normalized spacial score (nSPS) is 18.8. The van der Waals surface area contributed by atoms with Crippen LogP contribution in [0.1, 0.15) is 43.1 Å². The molecule has 132 valence electrons. The summed E-state index contributed by atoms with van der Waals surface area (Å²) in [5, 5.41) is 4.15. The van der Waals surface area contributed by atoms with Crippen molar-refractivity contribution in [2.45, 2.75) is 38.5 Å². The Kier molecular flexibility index (Phi) is 4.42. The quantitative estimate of drug-likeness (QED) is 0.840. The Morgan fingerprint density at radius 3 is 2.56 bits per heavy atom. The fraction of sp³-hybridized carbons (Fsp3) is 0.526. The Morgan fingerprint density at radius 1 is 1.12 bits per heavy atom. The number of likely N-dealkylation sites (tertiary alicyclic amines) is 2. The molecule has 0 unspecified atom stereocenters. The zero-order chi connectivity index (χ0) is 17.2. The van der Waals surface area contributed by atoms with Crippen LogP contribution in [0, 0.1) is 6.92 Å². The second kappa shape index (κ2) is 6.86. The van der Waals surface area contributed by atoms with Crippen molar-refractivity contribution in [3.63, 3.8) is 0 Å². The first-order valence-electron chi connectivity index (χ1n) is 9.15. The molecule has 25 heavy (non-hydrogen) atoms. The molecule has 0 aliphatic carbocycles. The maximum Gasteiger partial charge on any atom is 0.319 e. The molecule has 6 nitrogen and oxygen atoms in total. The number of hydrogen-bond acceptors (Lipinski definition) is 4. The minimum atomic E-state index is 0.196. The van der Waals surface area contributed by atoms with E-state index in [1.807, 2.05) is 21.9 Å². The predicted molar refractivity (Wildman–Crippen MR) is 94.2 cm³/mol. The summed E-state index contributed by atoms with van der Waals surface area (Å²) in [5.74, 6) is 1.59. The molecule has 2 aromatic rings. The lowest BCUT2D eigenvalue weighted by Gasteiger charge is -2.33. The van der Waals surface area contributed by atoms with Gasteiger partial charge in [0.25, 0.3) is 0 Å². The summed E-state index contributed by atoms with van der Waals surface area (Å²) in [7, 11) is 0. The molecule has 2 saturated heterocycles. The van der Waals surface area contributed by atoms with Crippen molar-refractivity contribution in [2.75, 3.05) is 26.2 Å². The van der Waals surface area contributed by atoms with Crippen LogP contribution < -0.4 is 0 Å². The van der Waals surface area contributed by atoms with E-state index in [1.165, 1.54) is 5.56 Å². The Morgan fingerprint density at radius 2 is 1.84 bits per heavy atom. The Hall–Kier alpha value is -2.37. The van der Waals surface area contributed by atoms with Gasteiger partial charge in [-0.15, -0.1) is 0 Å². The molecular formula is C19H24N4O2. The van der Waals surface area contributed by atoms with Crippen molar-refractivity contribution in [1.29, 1.82) is 0 Å². The lowest BCUT2D eigenvalue weighted by Crippen LogP contribution is -2.45. The summed E-state index contributed by atoms with van der Waals surface area (Å²) in [6.45, 7) is 5.40. The SMILES string of the molecule is Cc1cccc(-c2noc(C3CCN(C(=O)N4CCCC4)CC3)n2)c1. The molecule has 2 fully saturated rings. The van der Waals surface area contributed by atoms with E-state index in [2.05, 4.69) is 29.2 Å². The average Bonchev–Trinajstić information content (AvgIpc) is 3.33. The fourth-order valence-corrected chi connectivity index (χ4v) is 3.73. The second-order valence-corrected chi connectivity index (χ2v) is 7.06. The molecule has 0 atom stereocenters. The number of carbonyl (C=O) groups excluding carboxylic acids is 1. The molecule has 2 aliphatic rings.